The van der Waals surface area contributed by atoms with Crippen molar-refractivity contribution in [1.29, 1.82) is 0 Å². The van der Waals surface area contributed by atoms with Crippen LogP contribution in [-0.4, -0.2) is 12.5 Å². The topological polar surface area (TPSA) is 64.3 Å². The van der Waals surface area contributed by atoms with Gasteiger partial charge in [-0.3, -0.25) is 4.79 Å². The third kappa shape index (κ3) is 4.28. The van der Waals surface area contributed by atoms with E-state index in [0.717, 1.165) is 5.56 Å². The summed E-state index contributed by atoms with van der Waals surface area (Å²) < 4.78 is 5.40. The zero-order valence-electron chi connectivity index (χ0n) is 11.3. The zero-order chi connectivity index (χ0) is 15.4. The predicted octanol–water partition coefficient (Wildman–Crippen LogP) is 3.90. The van der Waals surface area contributed by atoms with Crippen molar-refractivity contribution in [1.82, 2.24) is 0 Å². The van der Waals surface area contributed by atoms with Crippen molar-refractivity contribution in [2.45, 2.75) is 6.92 Å². The molecule has 2 aromatic carbocycles. The Bertz CT molecular complexity index is 675. The quantitative estimate of drug-likeness (QED) is 0.838. The van der Waals surface area contributed by atoms with Gasteiger partial charge in [0.15, 0.2) is 6.61 Å². The summed E-state index contributed by atoms with van der Waals surface area (Å²) in [4.78, 5) is 11.9. The number of nitrogens with one attached hydrogen (secondary N) is 1. The lowest BCUT2D eigenvalue weighted by Gasteiger charge is -2.10. The molecule has 0 radical (unpaired) electrons. The van der Waals surface area contributed by atoms with Gasteiger partial charge in [-0.15, -0.1) is 0 Å². The number of hydrogen-bond acceptors (Lipinski definition) is 3. The van der Waals surface area contributed by atoms with Crippen LogP contribution < -0.4 is 15.8 Å². The van der Waals surface area contributed by atoms with E-state index in [-0.39, 0.29) is 12.5 Å². The van der Waals surface area contributed by atoms with Crippen molar-refractivity contribution in [3.05, 3.63) is 52.0 Å². The van der Waals surface area contributed by atoms with Gasteiger partial charge in [0.05, 0.1) is 21.4 Å². The summed E-state index contributed by atoms with van der Waals surface area (Å²) in [6.45, 7) is 1.82. The maximum absolute atomic E-state index is 11.9. The van der Waals surface area contributed by atoms with Gasteiger partial charge in [0, 0.05) is 0 Å². The number of nitrogens with two attached hydrogens (primary N) is 1. The number of carbonyl (C=O) groups excluding carboxylic acids is 1. The van der Waals surface area contributed by atoms with Gasteiger partial charge in [0.2, 0.25) is 0 Å². The lowest BCUT2D eigenvalue weighted by molar-refractivity contribution is -0.118. The molecule has 0 unspecified atom stereocenters. The van der Waals surface area contributed by atoms with Crippen LogP contribution in [0.25, 0.3) is 0 Å². The van der Waals surface area contributed by atoms with E-state index in [4.69, 9.17) is 33.7 Å². The number of nitrogen functional groups attached to an aromatic ring is 1. The summed E-state index contributed by atoms with van der Waals surface area (Å²) in [5.41, 5.74) is 7.43. The summed E-state index contributed by atoms with van der Waals surface area (Å²) in [7, 11) is 0. The first kappa shape index (κ1) is 15.5. The highest BCUT2D eigenvalue weighted by atomic mass is 35.5. The molecule has 0 spiro atoms. The molecule has 0 bridgehead atoms. The number of rotatable bonds is 4. The highest BCUT2D eigenvalue weighted by Crippen LogP contribution is 2.30. The highest BCUT2D eigenvalue weighted by molar-refractivity contribution is 6.37. The van der Waals surface area contributed by atoms with Crippen molar-refractivity contribution in [2.24, 2.45) is 0 Å². The molecule has 0 aromatic heterocycles. The molecule has 0 saturated heterocycles. The Morgan fingerprint density at radius 1 is 1.24 bits per heavy atom. The van der Waals surface area contributed by atoms with E-state index in [9.17, 15) is 4.79 Å². The fourth-order valence-corrected chi connectivity index (χ4v) is 2.08. The largest absolute Gasteiger partial charge is 0.484 e. The average molecular weight is 325 g/mol. The van der Waals surface area contributed by atoms with Crippen molar-refractivity contribution in [2.75, 3.05) is 17.7 Å². The number of anilines is 2. The molecule has 2 rings (SSSR count). The number of carbonyl (C=O) groups is 1. The van der Waals surface area contributed by atoms with Crippen molar-refractivity contribution >= 4 is 40.5 Å². The Hall–Kier alpha value is -1.91. The third-order valence-electron chi connectivity index (χ3n) is 2.72. The minimum atomic E-state index is -0.334. The minimum absolute atomic E-state index is 0.123. The molecule has 110 valence electrons. The molecule has 3 N–H and O–H groups in total. The molecule has 0 aliphatic carbocycles. The molecule has 1 amide bonds. The Kier molecular flexibility index (Phi) is 4.94. The van der Waals surface area contributed by atoms with Crippen LogP contribution in [0, 0.1) is 6.92 Å². The number of ether oxygens (including phenoxy) is 1. The molecule has 0 fully saturated rings. The molecule has 2 aromatic rings. The lowest BCUT2D eigenvalue weighted by Crippen LogP contribution is -2.20. The first-order valence-electron chi connectivity index (χ1n) is 6.19. The number of benzene rings is 2. The number of amides is 1. The molecular formula is C15H14Cl2N2O2. The van der Waals surface area contributed by atoms with E-state index in [1.807, 2.05) is 25.1 Å². The Morgan fingerprint density at radius 2 is 2.00 bits per heavy atom. The smallest absolute Gasteiger partial charge is 0.262 e. The number of halogens is 2. The summed E-state index contributed by atoms with van der Waals surface area (Å²) in [6.07, 6.45) is 0. The van der Waals surface area contributed by atoms with Gasteiger partial charge in [0.25, 0.3) is 5.91 Å². The van der Waals surface area contributed by atoms with Gasteiger partial charge >= 0.3 is 0 Å². The highest BCUT2D eigenvalue weighted by Gasteiger charge is 2.09. The standard InChI is InChI=1S/C15H14Cl2N2O2/c1-9-3-2-4-10(5-9)21-8-15(20)19-14-7-11(16)13(18)6-12(14)17/h2-7H,8,18H2,1H3,(H,19,20). The molecule has 0 saturated carbocycles. The Morgan fingerprint density at radius 3 is 2.71 bits per heavy atom. The van der Waals surface area contributed by atoms with Crippen LogP contribution in [-0.2, 0) is 4.79 Å². The van der Waals surface area contributed by atoms with Crippen LogP contribution in [0.15, 0.2) is 36.4 Å². The van der Waals surface area contributed by atoms with Crippen LogP contribution >= 0.6 is 23.2 Å². The van der Waals surface area contributed by atoms with Crippen LogP contribution in [0.4, 0.5) is 11.4 Å². The van der Waals surface area contributed by atoms with E-state index in [0.29, 0.717) is 27.2 Å². The number of aryl methyl sites for hydroxylation is 1. The second kappa shape index (κ2) is 6.70. The molecule has 6 heteroatoms. The average Bonchev–Trinajstić information content (AvgIpc) is 2.43. The maximum atomic E-state index is 11.9. The third-order valence-corrected chi connectivity index (χ3v) is 3.36. The van der Waals surface area contributed by atoms with Crippen LogP contribution in [0.1, 0.15) is 5.56 Å². The van der Waals surface area contributed by atoms with E-state index in [1.165, 1.54) is 12.1 Å². The number of hydrogen-bond donors (Lipinski definition) is 2. The zero-order valence-corrected chi connectivity index (χ0v) is 12.8. The predicted molar refractivity (Wildman–Crippen MR) is 86.2 cm³/mol. The van der Waals surface area contributed by atoms with Gasteiger partial charge in [-0.2, -0.15) is 0 Å². The fraction of sp³-hybridized carbons (Fsp3) is 0.133. The van der Waals surface area contributed by atoms with Crippen molar-refractivity contribution < 1.29 is 9.53 Å². The molecule has 0 heterocycles. The molecule has 0 aliphatic heterocycles. The summed E-state index contributed by atoms with van der Waals surface area (Å²) in [6, 6.07) is 10.4. The monoisotopic (exact) mass is 324 g/mol. The van der Waals surface area contributed by atoms with E-state index >= 15 is 0 Å². The van der Waals surface area contributed by atoms with Crippen molar-refractivity contribution in [3.8, 4) is 5.75 Å². The Balaban J connectivity index is 1.97. The summed E-state index contributed by atoms with van der Waals surface area (Å²) in [5, 5.41) is 3.28. The first-order chi connectivity index (χ1) is 9.95. The van der Waals surface area contributed by atoms with Crippen molar-refractivity contribution in [3.63, 3.8) is 0 Å². The second-order valence-corrected chi connectivity index (χ2v) is 5.32. The molecule has 0 aliphatic rings. The first-order valence-corrected chi connectivity index (χ1v) is 6.95. The van der Waals surface area contributed by atoms with Gasteiger partial charge in [0.1, 0.15) is 5.75 Å². The van der Waals surface area contributed by atoms with E-state index in [1.54, 1.807) is 6.07 Å². The SMILES string of the molecule is Cc1cccc(OCC(=O)Nc2cc(Cl)c(N)cc2Cl)c1. The molecular weight excluding hydrogens is 311 g/mol. The summed E-state index contributed by atoms with van der Waals surface area (Å²) in [5.74, 6) is 0.297. The molecule has 0 atom stereocenters. The normalized spacial score (nSPS) is 10.2. The van der Waals surface area contributed by atoms with Gasteiger partial charge in [-0.05, 0) is 36.8 Å². The van der Waals surface area contributed by atoms with Crippen LogP contribution in [0.5, 0.6) is 5.75 Å². The maximum Gasteiger partial charge on any atom is 0.262 e. The minimum Gasteiger partial charge on any atom is -0.484 e. The van der Waals surface area contributed by atoms with E-state index in [2.05, 4.69) is 5.32 Å². The van der Waals surface area contributed by atoms with E-state index < -0.39 is 0 Å². The fourth-order valence-electron chi connectivity index (χ4n) is 1.70. The Labute approximate surface area is 132 Å². The lowest BCUT2D eigenvalue weighted by atomic mass is 10.2. The molecule has 21 heavy (non-hydrogen) atoms. The van der Waals surface area contributed by atoms with Gasteiger partial charge < -0.3 is 15.8 Å². The van der Waals surface area contributed by atoms with Gasteiger partial charge in [-0.1, -0.05) is 35.3 Å². The second-order valence-electron chi connectivity index (χ2n) is 4.51. The summed E-state index contributed by atoms with van der Waals surface area (Å²) >= 11 is 11.9. The van der Waals surface area contributed by atoms with Crippen LogP contribution in [0.3, 0.4) is 0 Å². The van der Waals surface area contributed by atoms with Gasteiger partial charge in [-0.25, -0.2) is 0 Å². The van der Waals surface area contributed by atoms with Crippen LogP contribution in [0.2, 0.25) is 10.0 Å². The molecule has 4 nitrogen and oxygen atoms in total.